The molecular formula is C15H21ClO6. The largest absolute Gasteiger partial charge is 0.491 e. The first-order valence-corrected chi connectivity index (χ1v) is 7.37. The standard InChI is InChI=1S/C15H21ClO6/c16-15-11-14(2-1-13(15)12-18)22-10-9-21-8-7-20-6-5-19-4-3-17/h1-2,11-12,17H,3-10H2. The van der Waals surface area contributed by atoms with Gasteiger partial charge in [0.1, 0.15) is 12.4 Å². The van der Waals surface area contributed by atoms with E-state index in [0.29, 0.717) is 68.9 Å². The second-order valence-electron chi connectivity index (χ2n) is 4.21. The summed E-state index contributed by atoms with van der Waals surface area (Å²) < 4.78 is 21.1. The van der Waals surface area contributed by atoms with Gasteiger partial charge < -0.3 is 24.1 Å². The fourth-order valence-corrected chi connectivity index (χ4v) is 1.73. The summed E-state index contributed by atoms with van der Waals surface area (Å²) >= 11 is 5.89. The molecule has 124 valence electrons. The van der Waals surface area contributed by atoms with E-state index in [-0.39, 0.29) is 6.61 Å². The van der Waals surface area contributed by atoms with Crippen LogP contribution in [0.2, 0.25) is 5.02 Å². The number of benzene rings is 1. The minimum atomic E-state index is 0.0200. The number of carbonyl (C=O) groups excluding carboxylic acids is 1. The van der Waals surface area contributed by atoms with Crippen LogP contribution in [0.3, 0.4) is 0 Å². The monoisotopic (exact) mass is 332 g/mol. The molecule has 6 nitrogen and oxygen atoms in total. The third-order valence-electron chi connectivity index (χ3n) is 2.57. The van der Waals surface area contributed by atoms with Crippen molar-refractivity contribution in [1.29, 1.82) is 0 Å². The van der Waals surface area contributed by atoms with E-state index in [9.17, 15) is 4.79 Å². The lowest BCUT2D eigenvalue weighted by Crippen LogP contribution is -2.13. The predicted octanol–water partition coefficient (Wildman–Crippen LogP) is 1.57. The van der Waals surface area contributed by atoms with Crippen LogP contribution < -0.4 is 4.74 Å². The molecule has 0 amide bonds. The third-order valence-corrected chi connectivity index (χ3v) is 2.90. The first kappa shape index (κ1) is 18.9. The maximum atomic E-state index is 10.6. The third kappa shape index (κ3) is 8.31. The maximum absolute atomic E-state index is 10.6. The number of aldehydes is 1. The van der Waals surface area contributed by atoms with Crippen molar-refractivity contribution >= 4 is 17.9 Å². The number of halogens is 1. The molecule has 22 heavy (non-hydrogen) atoms. The van der Waals surface area contributed by atoms with E-state index in [1.807, 2.05) is 0 Å². The second-order valence-corrected chi connectivity index (χ2v) is 4.62. The van der Waals surface area contributed by atoms with Gasteiger partial charge in [0.15, 0.2) is 6.29 Å². The second kappa shape index (κ2) is 12.4. The first-order valence-electron chi connectivity index (χ1n) is 6.99. The smallest absolute Gasteiger partial charge is 0.151 e. The fraction of sp³-hybridized carbons (Fsp3) is 0.533. The molecule has 1 N–H and O–H groups in total. The molecular weight excluding hydrogens is 312 g/mol. The highest BCUT2D eigenvalue weighted by Gasteiger charge is 2.01. The summed E-state index contributed by atoms with van der Waals surface area (Å²) in [5, 5.41) is 8.86. The summed E-state index contributed by atoms with van der Waals surface area (Å²) in [6.45, 7) is 3.04. The van der Waals surface area contributed by atoms with Crippen LogP contribution in [0.25, 0.3) is 0 Å². The van der Waals surface area contributed by atoms with E-state index >= 15 is 0 Å². The lowest BCUT2D eigenvalue weighted by molar-refractivity contribution is 0.00361. The van der Waals surface area contributed by atoms with Crippen LogP contribution in [0, 0.1) is 0 Å². The van der Waals surface area contributed by atoms with E-state index < -0.39 is 0 Å². The van der Waals surface area contributed by atoms with Crippen LogP contribution in [-0.4, -0.2) is 64.2 Å². The van der Waals surface area contributed by atoms with Crippen LogP contribution in [0.5, 0.6) is 5.75 Å². The van der Waals surface area contributed by atoms with Gasteiger partial charge >= 0.3 is 0 Å². The Hall–Kier alpha value is -1.18. The summed E-state index contributed by atoms with van der Waals surface area (Å²) in [5.41, 5.74) is 0.436. The highest BCUT2D eigenvalue weighted by atomic mass is 35.5. The summed E-state index contributed by atoms with van der Waals surface area (Å²) in [5.74, 6) is 0.594. The van der Waals surface area contributed by atoms with Gasteiger partial charge in [0, 0.05) is 5.56 Å². The number of rotatable bonds is 13. The zero-order valence-corrected chi connectivity index (χ0v) is 13.1. The molecule has 0 atom stereocenters. The molecule has 0 aliphatic carbocycles. The molecule has 1 aromatic carbocycles. The van der Waals surface area contributed by atoms with E-state index in [0.717, 1.165) is 0 Å². The van der Waals surface area contributed by atoms with Crippen molar-refractivity contribution < 1.29 is 28.8 Å². The summed E-state index contributed by atoms with van der Waals surface area (Å²) in [7, 11) is 0. The Bertz CT molecular complexity index is 426. The molecule has 0 bridgehead atoms. The molecule has 7 heteroatoms. The van der Waals surface area contributed by atoms with Crippen molar-refractivity contribution in [3.63, 3.8) is 0 Å². The van der Waals surface area contributed by atoms with Crippen molar-refractivity contribution in [3.8, 4) is 5.75 Å². The minimum Gasteiger partial charge on any atom is -0.491 e. The quantitative estimate of drug-likeness (QED) is 0.436. The average Bonchev–Trinajstić information content (AvgIpc) is 2.53. The van der Waals surface area contributed by atoms with E-state index in [1.54, 1.807) is 18.2 Å². The SMILES string of the molecule is O=Cc1ccc(OCCOCCOCCOCCO)cc1Cl. The van der Waals surface area contributed by atoms with E-state index in [4.69, 9.17) is 35.7 Å². The molecule has 0 aliphatic heterocycles. The van der Waals surface area contributed by atoms with Gasteiger partial charge in [-0.05, 0) is 18.2 Å². The molecule has 0 aliphatic rings. The zero-order chi connectivity index (χ0) is 16.0. The Morgan fingerprint density at radius 3 is 2.09 bits per heavy atom. The molecule has 0 spiro atoms. The Kier molecular flexibility index (Phi) is 10.6. The zero-order valence-electron chi connectivity index (χ0n) is 12.3. The topological polar surface area (TPSA) is 74.2 Å². The highest BCUT2D eigenvalue weighted by Crippen LogP contribution is 2.21. The van der Waals surface area contributed by atoms with Gasteiger partial charge in [-0.1, -0.05) is 11.6 Å². The summed E-state index contributed by atoms with van der Waals surface area (Å²) in [4.78, 5) is 10.6. The normalized spacial score (nSPS) is 10.6. The van der Waals surface area contributed by atoms with Gasteiger partial charge in [0.2, 0.25) is 0 Å². The first-order chi connectivity index (χ1) is 10.8. The van der Waals surface area contributed by atoms with Gasteiger partial charge in [0.05, 0.1) is 51.3 Å². The number of aliphatic hydroxyl groups excluding tert-OH is 1. The lowest BCUT2D eigenvalue weighted by Gasteiger charge is -2.08. The maximum Gasteiger partial charge on any atom is 0.151 e. The lowest BCUT2D eigenvalue weighted by atomic mass is 10.2. The van der Waals surface area contributed by atoms with Crippen LogP contribution in [0.4, 0.5) is 0 Å². The van der Waals surface area contributed by atoms with Crippen molar-refractivity contribution in [2.45, 2.75) is 0 Å². The van der Waals surface area contributed by atoms with Crippen molar-refractivity contribution in [3.05, 3.63) is 28.8 Å². The van der Waals surface area contributed by atoms with Gasteiger partial charge in [0.25, 0.3) is 0 Å². The van der Waals surface area contributed by atoms with E-state index in [2.05, 4.69) is 0 Å². The number of ether oxygens (including phenoxy) is 4. The molecule has 0 unspecified atom stereocenters. The molecule has 0 saturated carbocycles. The van der Waals surface area contributed by atoms with Crippen LogP contribution in [-0.2, 0) is 14.2 Å². The Labute approximate surface area is 134 Å². The van der Waals surface area contributed by atoms with Crippen molar-refractivity contribution in [2.24, 2.45) is 0 Å². The molecule has 1 rings (SSSR count). The predicted molar refractivity (Wildman–Crippen MR) is 81.9 cm³/mol. The highest BCUT2D eigenvalue weighted by molar-refractivity contribution is 6.33. The Morgan fingerprint density at radius 2 is 1.55 bits per heavy atom. The number of aliphatic hydroxyl groups is 1. The average molecular weight is 333 g/mol. The summed E-state index contributed by atoms with van der Waals surface area (Å²) in [6.07, 6.45) is 0.698. The Balaban J connectivity index is 1.97. The number of hydrogen-bond acceptors (Lipinski definition) is 6. The molecule has 0 aromatic heterocycles. The minimum absolute atomic E-state index is 0.0200. The van der Waals surface area contributed by atoms with Gasteiger partial charge in [-0.2, -0.15) is 0 Å². The molecule has 0 saturated heterocycles. The number of carbonyl (C=O) groups is 1. The van der Waals surface area contributed by atoms with Gasteiger partial charge in [-0.15, -0.1) is 0 Å². The summed E-state index contributed by atoms with van der Waals surface area (Å²) in [6, 6.07) is 4.89. The van der Waals surface area contributed by atoms with E-state index in [1.165, 1.54) is 0 Å². The Morgan fingerprint density at radius 1 is 0.955 bits per heavy atom. The van der Waals surface area contributed by atoms with Crippen LogP contribution in [0.15, 0.2) is 18.2 Å². The van der Waals surface area contributed by atoms with Crippen molar-refractivity contribution in [1.82, 2.24) is 0 Å². The van der Waals surface area contributed by atoms with Gasteiger partial charge in [-0.25, -0.2) is 0 Å². The molecule has 0 radical (unpaired) electrons. The van der Waals surface area contributed by atoms with Crippen LogP contribution >= 0.6 is 11.6 Å². The van der Waals surface area contributed by atoms with Gasteiger partial charge in [-0.3, -0.25) is 4.79 Å². The molecule has 0 fully saturated rings. The van der Waals surface area contributed by atoms with Crippen molar-refractivity contribution in [2.75, 3.05) is 52.9 Å². The fourth-order valence-electron chi connectivity index (χ4n) is 1.52. The number of hydrogen-bond donors (Lipinski definition) is 1. The van der Waals surface area contributed by atoms with Crippen LogP contribution in [0.1, 0.15) is 10.4 Å². The molecule has 1 aromatic rings. The molecule has 0 heterocycles.